The molecule has 5 heteroatoms. The third kappa shape index (κ3) is 2.32. The SMILES string of the molecule is O=C(Cc1cccs1)N1CCC(=NO)c2ccccc21. The smallest absolute Gasteiger partial charge is 0.232 e. The number of nitrogens with zero attached hydrogens (tertiary/aromatic N) is 2. The predicted molar refractivity (Wildman–Crippen MR) is 79.8 cm³/mol. The fraction of sp³-hybridized carbons (Fsp3) is 0.200. The molecular weight excluding hydrogens is 272 g/mol. The maximum absolute atomic E-state index is 12.5. The van der Waals surface area contributed by atoms with Gasteiger partial charge in [0.25, 0.3) is 0 Å². The Bertz CT molecular complexity index is 650. The summed E-state index contributed by atoms with van der Waals surface area (Å²) in [5, 5.41) is 14.4. The molecule has 4 nitrogen and oxygen atoms in total. The molecule has 0 atom stereocenters. The van der Waals surface area contributed by atoms with Crippen molar-refractivity contribution >= 4 is 28.6 Å². The molecule has 0 fully saturated rings. The maximum atomic E-state index is 12.5. The zero-order valence-electron chi connectivity index (χ0n) is 10.8. The summed E-state index contributed by atoms with van der Waals surface area (Å²) in [6.45, 7) is 0.556. The van der Waals surface area contributed by atoms with Gasteiger partial charge < -0.3 is 10.1 Å². The van der Waals surface area contributed by atoms with Gasteiger partial charge in [0.15, 0.2) is 0 Å². The largest absolute Gasteiger partial charge is 0.411 e. The topological polar surface area (TPSA) is 52.9 Å². The van der Waals surface area contributed by atoms with Gasteiger partial charge in [-0.2, -0.15) is 0 Å². The Morgan fingerprint density at radius 1 is 1.30 bits per heavy atom. The molecule has 2 aromatic rings. The highest BCUT2D eigenvalue weighted by atomic mass is 32.1. The third-order valence-electron chi connectivity index (χ3n) is 3.41. The number of thiophene rings is 1. The van der Waals surface area contributed by atoms with E-state index in [9.17, 15) is 4.79 Å². The van der Waals surface area contributed by atoms with Crippen molar-refractivity contribution in [3.05, 3.63) is 52.2 Å². The molecule has 1 aliphatic heterocycles. The first kappa shape index (κ1) is 12.9. The lowest BCUT2D eigenvalue weighted by molar-refractivity contribution is -0.117. The molecule has 0 spiro atoms. The Morgan fingerprint density at radius 2 is 2.15 bits per heavy atom. The number of benzene rings is 1. The first-order valence-corrected chi connectivity index (χ1v) is 7.30. The molecule has 3 rings (SSSR count). The van der Waals surface area contributed by atoms with Gasteiger partial charge in [0.1, 0.15) is 0 Å². The summed E-state index contributed by atoms with van der Waals surface area (Å²) in [5.74, 6) is 0.0805. The second-order valence-corrected chi connectivity index (χ2v) is 5.65. The molecule has 0 unspecified atom stereocenters. The third-order valence-corrected chi connectivity index (χ3v) is 4.28. The van der Waals surface area contributed by atoms with Gasteiger partial charge in [0.05, 0.1) is 17.8 Å². The average molecular weight is 286 g/mol. The molecule has 1 aliphatic rings. The Balaban J connectivity index is 1.90. The molecule has 1 aromatic heterocycles. The molecule has 1 amide bonds. The van der Waals surface area contributed by atoms with Crippen molar-refractivity contribution in [1.29, 1.82) is 0 Å². The number of carbonyl (C=O) groups is 1. The maximum Gasteiger partial charge on any atom is 0.232 e. The van der Waals surface area contributed by atoms with Crippen LogP contribution in [-0.4, -0.2) is 23.4 Å². The Morgan fingerprint density at radius 3 is 2.90 bits per heavy atom. The van der Waals surface area contributed by atoms with Crippen molar-refractivity contribution in [1.82, 2.24) is 0 Å². The minimum atomic E-state index is 0.0805. The quantitative estimate of drug-likeness (QED) is 0.681. The highest BCUT2D eigenvalue weighted by molar-refractivity contribution is 7.10. The van der Waals surface area contributed by atoms with Crippen molar-refractivity contribution < 1.29 is 10.0 Å². The van der Waals surface area contributed by atoms with Gasteiger partial charge in [-0.05, 0) is 17.5 Å². The van der Waals surface area contributed by atoms with E-state index >= 15 is 0 Å². The summed E-state index contributed by atoms with van der Waals surface area (Å²) in [7, 11) is 0. The number of hydrogen-bond donors (Lipinski definition) is 1. The van der Waals surface area contributed by atoms with E-state index in [-0.39, 0.29) is 5.91 Å². The van der Waals surface area contributed by atoms with Crippen molar-refractivity contribution in [3.63, 3.8) is 0 Å². The summed E-state index contributed by atoms with van der Waals surface area (Å²) in [5.41, 5.74) is 2.30. The van der Waals surface area contributed by atoms with Crippen LogP contribution in [0.2, 0.25) is 0 Å². The fourth-order valence-corrected chi connectivity index (χ4v) is 3.14. The van der Waals surface area contributed by atoms with Crippen LogP contribution < -0.4 is 4.90 Å². The van der Waals surface area contributed by atoms with Crippen molar-refractivity contribution in [2.75, 3.05) is 11.4 Å². The van der Waals surface area contributed by atoms with Gasteiger partial charge in [-0.15, -0.1) is 11.3 Å². The Hall–Kier alpha value is -2.14. The molecule has 0 radical (unpaired) electrons. The monoisotopic (exact) mass is 286 g/mol. The van der Waals surface area contributed by atoms with Gasteiger partial charge in [-0.25, -0.2) is 0 Å². The van der Waals surface area contributed by atoms with Crippen LogP contribution in [-0.2, 0) is 11.2 Å². The molecule has 1 aromatic carbocycles. The van der Waals surface area contributed by atoms with Crippen LogP contribution in [0.1, 0.15) is 16.9 Å². The first-order valence-electron chi connectivity index (χ1n) is 6.42. The molecule has 0 bridgehead atoms. The second kappa shape index (κ2) is 5.46. The highest BCUT2D eigenvalue weighted by Crippen LogP contribution is 2.28. The number of rotatable bonds is 2. The second-order valence-electron chi connectivity index (χ2n) is 4.62. The average Bonchev–Trinajstić information content (AvgIpc) is 2.99. The normalized spacial score (nSPS) is 16.2. The van der Waals surface area contributed by atoms with Gasteiger partial charge in [0, 0.05) is 23.4 Å². The van der Waals surface area contributed by atoms with Crippen LogP contribution in [0.15, 0.2) is 46.9 Å². The molecular formula is C15H14N2O2S. The minimum absolute atomic E-state index is 0.0805. The van der Waals surface area contributed by atoms with E-state index in [1.54, 1.807) is 16.2 Å². The predicted octanol–water partition coefficient (Wildman–Crippen LogP) is 2.91. The molecule has 0 saturated carbocycles. The van der Waals surface area contributed by atoms with E-state index in [1.807, 2.05) is 41.8 Å². The lowest BCUT2D eigenvalue weighted by atomic mass is 9.99. The summed E-state index contributed by atoms with van der Waals surface area (Å²) < 4.78 is 0. The highest BCUT2D eigenvalue weighted by Gasteiger charge is 2.26. The van der Waals surface area contributed by atoms with Gasteiger partial charge in [0.2, 0.25) is 5.91 Å². The van der Waals surface area contributed by atoms with E-state index in [2.05, 4.69) is 5.16 Å². The summed E-state index contributed by atoms with van der Waals surface area (Å²) in [6, 6.07) is 11.5. The van der Waals surface area contributed by atoms with E-state index in [1.165, 1.54) is 0 Å². The Kier molecular flexibility index (Phi) is 3.52. The van der Waals surface area contributed by atoms with Gasteiger partial charge >= 0.3 is 0 Å². The Labute approximate surface area is 121 Å². The minimum Gasteiger partial charge on any atom is -0.411 e. The number of hydrogen-bond acceptors (Lipinski definition) is 4. The molecule has 1 N–H and O–H groups in total. The first-order chi connectivity index (χ1) is 9.79. The van der Waals surface area contributed by atoms with Crippen LogP contribution >= 0.6 is 11.3 Å². The van der Waals surface area contributed by atoms with Crippen molar-refractivity contribution in [3.8, 4) is 0 Å². The fourth-order valence-electron chi connectivity index (χ4n) is 2.45. The van der Waals surface area contributed by atoms with Crippen LogP contribution in [0.4, 0.5) is 5.69 Å². The van der Waals surface area contributed by atoms with Crippen LogP contribution in [0.5, 0.6) is 0 Å². The number of anilines is 1. The zero-order valence-corrected chi connectivity index (χ0v) is 11.6. The van der Waals surface area contributed by atoms with Crippen molar-refractivity contribution in [2.45, 2.75) is 12.8 Å². The standard InChI is InChI=1S/C15H14N2O2S/c18-15(10-11-4-3-9-20-11)17-8-7-13(16-19)12-5-1-2-6-14(12)17/h1-6,9,19H,7-8,10H2. The lowest BCUT2D eigenvalue weighted by Gasteiger charge is -2.29. The number of carbonyl (C=O) groups excluding carboxylic acids is 1. The van der Waals surface area contributed by atoms with Crippen molar-refractivity contribution in [2.24, 2.45) is 5.16 Å². The van der Waals surface area contributed by atoms with Gasteiger partial charge in [-0.3, -0.25) is 4.79 Å². The molecule has 2 heterocycles. The van der Waals surface area contributed by atoms with Crippen LogP contribution in [0.25, 0.3) is 0 Å². The van der Waals surface area contributed by atoms with Gasteiger partial charge in [-0.1, -0.05) is 29.4 Å². The number of para-hydroxylation sites is 1. The van der Waals surface area contributed by atoms with E-state index in [0.29, 0.717) is 25.1 Å². The van der Waals surface area contributed by atoms with Crippen LogP contribution in [0, 0.1) is 0 Å². The summed E-state index contributed by atoms with van der Waals surface area (Å²) in [4.78, 5) is 15.3. The number of fused-ring (bicyclic) bond motifs is 1. The van der Waals surface area contributed by atoms with Crippen LogP contribution in [0.3, 0.4) is 0 Å². The molecule has 102 valence electrons. The van der Waals surface area contributed by atoms with E-state index < -0.39 is 0 Å². The summed E-state index contributed by atoms with van der Waals surface area (Å²) >= 11 is 1.59. The number of amides is 1. The molecule has 20 heavy (non-hydrogen) atoms. The summed E-state index contributed by atoms with van der Waals surface area (Å²) in [6.07, 6.45) is 0.987. The van der Waals surface area contributed by atoms with E-state index in [0.717, 1.165) is 16.1 Å². The molecule has 0 aliphatic carbocycles. The number of oxime groups is 1. The zero-order chi connectivity index (χ0) is 13.9. The molecule has 0 saturated heterocycles. The lowest BCUT2D eigenvalue weighted by Crippen LogP contribution is -2.38. The van der Waals surface area contributed by atoms with E-state index in [4.69, 9.17) is 5.21 Å².